The van der Waals surface area contributed by atoms with Crippen LogP contribution in [0.3, 0.4) is 0 Å². The third-order valence-corrected chi connectivity index (χ3v) is 3.74. The molecule has 0 radical (unpaired) electrons. The molecule has 2 amide bonds. The molecule has 5 nitrogen and oxygen atoms in total. The molecular weight excluding hydrogens is 304 g/mol. The lowest BCUT2D eigenvalue weighted by Crippen LogP contribution is -2.50. The van der Waals surface area contributed by atoms with Crippen molar-refractivity contribution in [1.82, 2.24) is 10.2 Å². The number of rotatable bonds is 2. The zero-order chi connectivity index (χ0) is 17.7. The molecule has 1 atom stereocenters. The topological polar surface area (TPSA) is 58.6 Å². The predicted octanol–water partition coefficient (Wildman–Crippen LogP) is 2.80. The van der Waals surface area contributed by atoms with E-state index in [1.165, 1.54) is 0 Å². The van der Waals surface area contributed by atoms with Crippen molar-refractivity contribution >= 4 is 12.0 Å². The first-order valence-corrected chi connectivity index (χ1v) is 8.14. The zero-order valence-electron chi connectivity index (χ0n) is 14.5. The lowest BCUT2D eigenvalue weighted by Gasteiger charge is -2.33. The van der Waals surface area contributed by atoms with E-state index in [2.05, 4.69) is 11.2 Å². The number of ether oxygens (including phenoxy) is 1. The second-order valence-corrected chi connectivity index (χ2v) is 6.93. The quantitative estimate of drug-likeness (QED) is 0.849. The molecule has 0 aliphatic carbocycles. The van der Waals surface area contributed by atoms with Gasteiger partial charge in [0.25, 0.3) is 5.91 Å². The Bertz CT molecular complexity index is 655. The molecule has 1 aliphatic heterocycles. The third-order valence-electron chi connectivity index (χ3n) is 3.74. The molecule has 2 rings (SSSR count). The van der Waals surface area contributed by atoms with E-state index >= 15 is 0 Å². The number of alkyl carbamates (subject to hydrolysis) is 1. The van der Waals surface area contributed by atoms with Crippen LogP contribution in [-0.4, -0.2) is 41.6 Å². The lowest BCUT2D eigenvalue weighted by molar-refractivity contribution is 0.0452. The van der Waals surface area contributed by atoms with E-state index in [1.807, 2.05) is 26.8 Å². The molecule has 1 fully saturated rings. The number of amides is 2. The molecule has 5 heteroatoms. The summed E-state index contributed by atoms with van der Waals surface area (Å²) < 4.78 is 5.28. The van der Waals surface area contributed by atoms with Crippen LogP contribution < -0.4 is 5.32 Å². The van der Waals surface area contributed by atoms with E-state index in [0.717, 1.165) is 12.8 Å². The van der Waals surface area contributed by atoms with Crippen molar-refractivity contribution in [2.24, 2.45) is 0 Å². The first-order chi connectivity index (χ1) is 11.3. The third kappa shape index (κ3) is 4.76. The van der Waals surface area contributed by atoms with Gasteiger partial charge in [0.05, 0.1) is 5.56 Å². The number of piperidine rings is 1. The van der Waals surface area contributed by atoms with E-state index in [-0.39, 0.29) is 11.9 Å². The van der Waals surface area contributed by atoms with Crippen LogP contribution in [0, 0.1) is 12.3 Å². The van der Waals surface area contributed by atoms with E-state index < -0.39 is 11.7 Å². The largest absolute Gasteiger partial charge is 0.444 e. The molecule has 1 aromatic rings. The molecule has 1 heterocycles. The number of hydrogen-bond acceptors (Lipinski definition) is 3. The van der Waals surface area contributed by atoms with Gasteiger partial charge in [-0.2, -0.15) is 0 Å². The average Bonchev–Trinajstić information content (AvgIpc) is 2.52. The van der Waals surface area contributed by atoms with E-state index in [4.69, 9.17) is 11.2 Å². The molecule has 0 aromatic heterocycles. The maximum atomic E-state index is 12.7. The minimum Gasteiger partial charge on any atom is -0.444 e. The van der Waals surface area contributed by atoms with Gasteiger partial charge >= 0.3 is 6.09 Å². The molecule has 0 bridgehead atoms. The molecule has 1 saturated heterocycles. The summed E-state index contributed by atoms with van der Waals surface area (Å²) in [6.45, 7) is 6.57. The minimum absolute atomic E-state index is 0.0979. The molecule has 1 aliphatic rings. The van der Waals surface area contributed by atoms with Crippen LogP contribution in [0.4, 0.5) is 4.79 Å². The van der Waals surface area contributed by atoms with Gasteiger partial charge in [-0.25, -0.2) is 4.79 Å². The molecule has 24 heavy (non-hydrogen) atoms. The van der Waals surface area contributed by atoms with Gasteiger partial charge in [-0.1, -0.05) is 18.1 Å². The van der Waals surface area contributed by atoms with Gasteiger partial charge in [-0.05, 0) is 45.7 Å². The number of terminal acetylenes is 1. The fourth-order valence-corrected chi connectivity index (χ4v) is 2.72. The van der Waals surface area contributed by atoms with Crippen LogP contribution in [0.1, 0.15) is 49.5 Å². The first kappa shape index (κ1) is 17.9. The van der Waals surface area contributed by atoms with Crippen molar-refractivity contribution in [3.8, 4) is 12.3 Å². The average molecular weight is 328 g/mol. The van der Waals surface area contributed by atoms with Crippen LogP contribution in [0.2, 0.25) is 0 Å². The summed E-state index contributed by atoms with van der Waals surface area (Å²) in [6, 6.07) is 7.00. The highest BCUT2D eigenvalue weighted by atomic mass is 16.6. The van der Waals surface area contributed by atoms with Gasteiger partial charge in [0.2, 0.25) is 0 Å². The summed E-state index contributed by atoms with van der Waals surface area (Å²) in [4.78, 5) is 26.4. The van der Waals surface area contributed by atoms with E-state index in [9.17, 15) is 9.59 Å². The highest BCUT2D eigenvalue weighted by Crippen LogP contribution is 2.17. The summed E-state index contributed by atoms with van der Waals surface area (Å²) in [5.41, 5.74) is 0.572. The van der Waals surface area contributed by atoms with Crippen LogP contribution in [0.5, 0.6) is 0 Å². The van der Waals surface area contributed by atoms with E-state index in [1.54, 1.807) is 23.1 Å². The molecular formula is C19H24N2O3. The van der Waals surface area contributed by atoms with Gasteiger partial charge in [-0.3, -0.25) is 4.79 Å². The van der Waals surface area contributed by atoms with Crippen molar-refractivity contribution in [3.63, 3.8) is 0 Å². The molecule has 0 saturated carbocycles. The molecule has 1 aromatic carbocycles. The van der Waals surface area contributed by atoms with Crippen molar-refractivity contribution in [2.75, 3.05) is 13.1 Å². The Balaban J connectivity index is 2.01. The van der Waals surface area contributed by atoms with Gasteiger partial charge in [0.1, 0.15) is 5.60 Å². The van der Waals surface area contributed by atoms with Gasteiger partial charge in [0, 0.05) is 24.7 Å². The maximum absolute atomic E-state index is 12.7. The Morgan fingerprint density at radius 3 is 2.71 bits per heavy atom. The first-order valence-electron chi connectivity index (χ1n) is 8.14. The SMILES string of the molecule is C#Cc1ccccc1C(=O)N1CCCC(NC(=O)OC(C)(C)C)C1. The normalized spacial score (nSPS) is 17.8. The Morgan fingerprint density at radius 2 is 2.04 bits per heavy atom. The number of carbonyl (C=O) groups excluding carboxylic acids is 2. The number of nitrogens with one attached hydrogen (secondary N) is 1. The smallest absolute Gasteiger partial charge is 0.407 e. The fraction of sp³-hybridized carbons (Fsp3) is 0.474. The molecule has 1 N–H and O–H groups in total. The number of benzene rings is 1. The molecule has 1 unspecified atom stereocenters. The van der Waals surface area contributed by atoms with E-state index in [0.29, 0.717) is 24.2 Å². The van der Waals surface area contributed by atoms with Crippen LogP contribution in [-0.2, 0) is 4.74 Å². The molecule has 128 valence electrons. The number of hydrogen-bond donors (Lipinski definition) is 1. The van der Waals surface area contributed by atoms with Crippen molar-refractivity contribution in [1.29, 1.82) is 0 Å². The Morgan fingerprint density at radius 1 is 1.33 bits per heavy atom. The monoisotopic (exact) mass is 328 g/mol. The highest BCUT2D eigenvalue weighted by Gasteiger charge is 2.27. The lowest BCUT2D eigenvalue weighted by atomic mass is 10.0. The summed E-state index contributed by atoms with van der Waals surface area (Å²) in [7, 11) is 0. The summed E-state index contributed by atoms with van der Waals surface area (Å²) in [5, 5.41) is 2.84. The second-order valence-electron chi connectivity index (χ2n) is 6.93. The predicted molar refractivity (Wildman–Crippen MR) is 92.7 cm³/mol. The number of nitrogens with zero attached hydrogens (tertiary/aromatic N) is 1. The van der Waals surface area contributed by atoms with Crippen LogP contribution >= 0.6 is 0 Å². The number of likely N-dealkylation sites (tertiary alicyclic amines) is 1. The van der Waals surface area contributed by atoms with Crippen molar-refractivity contribution in [3.05, 3.63) is 35.4 Å². The van der Waals surface area contributed by atoms with Crippen molar-refractivity contribution in [2.45, 2.75) is 45.3 Å². The summed E-state index contributed by atoms with van der Waals surface area (Å²) in [5.74, 6) is 2.45. The molecule has 0 spiro atoms. The fourth-order valence-electron chi connectivity index (χ4n) is 2.72. The number of carbonyl (C=O) groups is 2. The van der Waals surface area contributed by atoms with Crippen LogP contribution in [0.15, 0.2) is 24.3 Å². The summed E-state index contributed by atoms with van der Waals surface area (Å²) >= 11 is 0. The minimum atomic E-state index is -0.542. The Kier molecular flexibility index (Phi) is 5.50. The zero-order valence-corrected chi connectivity index (χ0v) is 14.5. The highest BCUT2D eigenvalue weighted by molar-refractivity contribution is 5.96. The maximum Gasteiger partial charge on any atom is 0.407 e. The Hall–Kier alpha value is -2.48. The summed E-state index contributed by atoms with van der Waals surface area (Å²) in [6.07, 6.45) is 6.67. The Labute approximate surface area is 143 Å². The van der Waals surface area contributed by atoms with Crippen molar-refractivity contribution < 1.29 is 14.3 Å². The van der Waals surface area contributed by atoms with Crippen LogP contribution in [0.25, 0.3) is 0 Å². The van der Waals surface area contributed by atoms with Gasteiger partial charge < -0.3 is 15.0 Å². The van der Waals surface area contributed by atoms with Gasteiger partial charge in [-0.15, -0.1) is 6.42 Å². The van der Waals surface area contributed by atoms with Gasteiger partial charge in [0.15, 0.2) is 0 Å². The standard InChI is InChI=1S/C19H24N2O3/c1-5-14-9-6-7-11-16(14)17(22)21-12-8-10-15(13-21)20-18(23)24-19(2,3)4/h1,6-7,9,11,15H,8,10,12-13H2,2-4H3,(H,20,23). The second kappa shape index (κ2) is 7.39.